The van der Waals surface area contributed by atoms with Crippen LogP contribution in [0.2, 0.25) is 0 Å². The first-order valence-electron chi connectivity index (χ1n) is 17.1. The molecule has 256 valence electrons. The standard InChI is InChI=1S/C39H38N4O4S3/c1-24-9-13-26(14-10-24)22-42-36-31(7-3-5-28-17-18-48-38(28)36)33(40-42)20-30(44)21-34-32-8-4-6-29-19-35(50(45,46)47)49-39(29)37(32)43(41-34)23-27-15-11-25(2)12-16-27/h9-19H,3-8,20-23H2,1-2H3,(H,45,46,47). The number of thiophene rings is 2. The van der Waals surface area contributed by atoms with Crippen molar-refractivity contribution in [2.24, 2.45) is 0 Å². The summed E-state index contributed by atoms with van der Waals surface area (Å²) in [6, 6.07) is 20.6. The summed E-state index contributed by atoms with van der Waals surface area (Å²) in [4.78, 5) is 16.2. The third-order valence-electron chi connectivity index (χ3n) is 9.87. The number of nitrogens with zero attached hydrogens (tertiary/aromatic N) is 4. The maximum absolute atomic E-state index is 14.1. The molecule has 4 aromatic heterocycles. The van der Waals surface area contributed by atoms with Crippen molar-refractivity contribution in [1.29, 1.82) is 0 Å². The van der Waals surface area contributed by atoms with Gasteiger partial charge >= 0.3 is 10.1 Å². The monoisotopic (exact) mass is 722 g/mol. The van der Waals surface area contributed by atoms with Gasteiger partial charge in [0.1, 0.15) is 9.99 Å². The average Bonchev–Trinajstić information content (AvgIpc) is 3.81. The average molecular weight is 723 g/mol. The highest BCUT2D eigenvalue weighted by atomic mass is 32.3. The summed E-state index contributed by atoms with van der Waals surface area (Å²) in [5.74, 6) is 0.0560. The molecule has 2 aliphatic carbocycles. The number of ketones is 1. The highest BCUT2D eigenvalue weighted by molar-refractivity contribution is 7.88. The normalized spacial score (nSPS) is 14.0. The first-order chi connectivity index (χ1) is 24.1. The Morgan fingerprint density at radius 2 is 1.26 bits per heavy atom. The Hall–Kier alpha value is -4.16. The molecule has 8 rings (SSSR count). The minimum absolute atomic E-state index is 0.0560. The fourth-order valence-electron chi connectivity index (χ4n) is 7.38. The van der Waals surface area contributed by atoms with Crippen LogP contribution in [0.4, 0.5) is 0 Å². The zero-order chi connectivity index (χ0) is 34.6. The Kier molecular flexibility index (Phi) is 8.71. The molecule has 2 aromatic carbocycles. The molecule has 0 bridgehead atoms. The lowest BCUT2D eigenvalue weighted by Crippen LogP contribution is -2.11. The quantitative estimate of drug-likeness (QED) is 0.153. The van der Waals surface area contributed by atoms with E-state index in [9.17, 15) is 17.8 Å². The molecule has 0 saturated carbocycles. The van der Waals surface area contributed by atoms with Crippen LogP contribution in [0.1, 0.15) is 68.7 Å². The minimum atomic E-state index is -4.35. The highest BCUT2D eigenvalue weighted by Crippen LogP contribution is 2.42. The van der Waals surface area contributed by atoms with Gasteiger partial charge in [-0.3, -0.25) is 18.7 Å². The van der Waals surface area contributed by atoms with E-state index in [0.717, 1.165) is 93.3 Å². The van der Waals surface area contributed by atoms with Gasteiger partial charge in [-0.2, -0.15) is 18.6 Å². The molecule has 50 heavy (non-hydrogen) atoms. The zero-order valence-electron chi connectivity index (χ0n) is 28.1. The zero-order valence-corrected chi connectivity index (χ0v) is 30.6. The first-order valence-corrected chi connectivity index (χ1v) is 20.2. The van der Waals surface area contributed by atoms with E-state index in [2.05, 4.69) is 71.6 Å². The van der Waals surface area contributed by atoms with Crippen molar-refractivity contribution in [3.63, 3.8) is 0 Å². The summed E-state index contributed by atoms with van der Waals surface area (Å²) >= 11 is 2.83. The summed E-state index contributed by atoms with van der Waals surface area (Å²) in [6.45, 7) is 5.26. The van der Waals surface area contributed by atoms with Crippen molar-refractivity contribution in [3.8, 4) is 21.1 Å². The molecule has 0 unspecified atom stereocenters. The van der Waals surface area contributed by atoms with Gasteiger partial charge in [-0.25, -0.2) is 0 Å². The maximum atomic E-state index is 14.1. The number of hydrogen-bond donors (Lipinski definition) is 1. The lowest BCUT2D eigenvalue weighted by molar-refractivity contribution is -0.117. The molecule has 0 saturated heterocycles. The maximum Gasteiger partial charge on any atom is 0.304 e. The van der Waals surface area contributed by atoms with E-state index in [1.54, 1.807) is 17.4 Å². The molecule has 0 radical (unpaired) electrons. The lowest BCUT2D eigenvalue weighted by atomic mass is 10.00. The third kappa shape index (κ3) is 6.43. The molecule has 0 atom stereocenters. The van der Waals surface area contributed by atoms with Crippen molar-refractivity contribution in [2.45, 2.75) is 82.5 Å². The van der Waals surface area contributed by atoms with Gasteiger partial charge in [-0.15, -0.1) is 22.7 Å². The Labute approximate surface area is 300 Å². The second-order valence-corrected chi connectivity index (χ2v) is 17.2. The van der Waals surface area contributed by atoms with E-state index >= 15 is 0 Å². The molecule has 0 fully saturated rings. The van der Waals surface area contributed by atoms with Gasteiger partial charge < -0.3 is 0 Å². The third-order valence-corrected chi connectivity index (χ3v) is 13.3. The Bertz CT molecular complexity index is 2340. The van der Waals surface area contributed by atoms with Crippen molar-refractivity contribution < 1.29 is 17.8 Å². The predicted molar refractivity (Wildman–Crippen MR) is 198 cm³/mol. The smallest absolute Gasteiger partial charge is 0.299 e. The van der Waals surface area contributed by atoms with Crippen LogP contribution in [-0.2, 0) is 66.5 Å². The van der Waals surface area contributed by atoms with Crippen molar-refractivity contribution in [3.05, 3.63) is 122 Å². The number of hydrogen-bond acceptors (Lipinski definition) is 7. The van der Waals surface area contributed by atoms with Crippen molar-refractivity contribution >= 4 is 38.6 Å². The van der Waals surface area contributed by atoms with E-state index in [4.69, 9.17) is 10.2 Å². The van der Waals surface area contributed by atoms with E-state index in [1.807, 2.05) is 11.6 Å². The molecule has 11 heteroatoms. The fourth-order valence-corrected chi connectivity index (χ4v) is 10.4. The first kappa shape index (κ1) is 33.0. The van der Waals surface area contributed by atoms with Gasteiger partial charge in [-0.05, 0) is 92.1 Å². The van der Waals surface area contributed by atoms with Crippen LogP contribution in [-0.4, -0.2) is 38.3 Å². The Balaban J connectivity index is 1.15. The Morgan fingerprint density at radius 3 is 1.80 bits per heavy atom. The lowest BCUT2D eigenvalue weighted by Gasteiger charge is -2.09. The van der Waals surface area contributed by atoms with Crippen LogP contribution in [0, 0.1) is 13.8 Å². The van der Waals surface area contributed by atoms with Gasteiger partial charge in [-0.1, -0.05) is 59.7 Å². The molecular formula is C39H38N4O4S3. The van der Waals surface area contributed by atoms with Crippen LogP contribution < -0.4 is 0 Å². The second-order valence-electron chi connectivity index (χ2n) is 13.6. The van der Waals surface area contributed by atoms with Crippen LogP contribution in [0.25, 0.3) is 21.1 Å². The van der Waals surface area contributed by atoms with Crippen molar-refractivity contribution in [2.75, 3.05) is 0 Å². The van der Waals surface area contributed by atoms with Crippen LogP contribution in [0.15, 0.2) is 70.3 Å². The molecule has 2 aliphatic rings. The predicted octanol–water partition coefficient (Wildman–Crippen LogP) is 7.83. The molecule has 6 aromatic rings. The number of benzene rings is 2. The molecular weight excluding hydrogens is 685 g/mol. The number of Topliss-reactive ketones (excluding diaryl/α,β-unsaturated/α-hetero) is 1. The van der Waals surface area contributed by atoms with Gasteiger partial charge in [0.2, 0.25) is 0 Å². The Morgan fingerprint density at radius 1 is 0.740 bits per heavy atom. The van der Waals surface area contributed by atoms with E-state index < -0.39 is 10.1 Å². The molecule has 0 spiro atoms. The molecule has 1 N–H and O–H groups in total. The number of aryl methyl sites for hydroxylation is 4. The van der Waals surface area contributed by atoms with Crippen LogP contribution in [0.3, 0.4) is 0 Å². The topological polar surface area (TPSA) is 107 Å². The number of rotatable bonds is 9. The summed E-state index contributed by atoms with van der Waals surface area (Å²) in [5, 5.41) is 12.4. The van der Waals surface area contributed by atoms with Gasteiger partial charge in [0.15, 0.2) is 0 Å². The number of carbonyl (C=O) groups is 1. The highest BCUT2D eigenvalue weighted by Gasteiger charge is 2.30. The number of fused-ring (bicyclic) bond motifs is 6. The largest absolute Gasteiger partial charge is 0.304 e. The van der Waals surface area contributed by atoms with E-state index in [1.165, 1.54) is 27.1 Å². The second kappa shape index (κ2) is 13.2. The van der Waals surface area contributed by atoms with Crippen LogP contribution >= 0.6 is 22.7 Å². The van der Waals surface area contributed by atoms with Gasteiger partial charge in [0.05, 0.1) is 58.5 Å². The summed E-state index contributed by atoms with van der Waals surface area (Å²) in [5.41, 5.74) is 12.6. The van der Waals surface area contributed by atoms with Gasteiger partial charge in [0.25, 0.3) is 0 Å². The van der Waals surface area contributed by atoms with Crippen molar-refractivity contribution in [1.82, 2.24) is 19.6 Å². The number of aromatic nitrogens is 4. The molecule has 0 amide bonds. The van der Waals surface area contributed by atoms with Gasteiger partial charge in [0, 0.05) is 11.1 Å². The summed E-state index contributed by atoms with van der Waals surface area (Å²) in [6.07, 6.45) is 5.50. The van der Waals surface area contributed by atoms with E-state index in [-0.39, 0.29) is 22.8 Å². The SMILES string of the molecule is Cc1ccc(Cn2nc(CC(=O)Cc3nn(Cc4ccc(C)cc4)c4c3CCCc3cc(S(=O)(=O)O)sc3-4)c3c2-c2sccc2CCC3)cc1. The fraction of sp³-hybridized carbons (Fsp3) is 0.308. The molecule has 8 nitrogen and oxygen atoms in total. The molecule has 0 aliphatic heterocycles. The number of carbonyl (C=O) groups excluding carboxylic acids is 1. The van der Waals surface area contributed by atoms with E-state index in [0.29, 0.717) is 19.5 Å². The summed E-state index contributed by atoms with van der Waals surface area (Å²) in [7, 11) is -4.35. The van der Waals surface area contributed by atoms with Crippen LogP contribution in [0.5, 0.6) is 0 Å². The summed E-state index contributed by atoms with van der Waals surface area (Å²) < 4.78 is 38.2. The molecule has 4 heterocycles. The minimum Gasteiger partial charge on any atom is -0.299 e.